The van der Waals surface area contributed by atoms with Crippen molar-refractivity contribution < 1.29 is 4.74 Å². The summed E-state index contributed by atoms with van der Waals surface area (Å²) >= 11 is 7.84. The van der Waals surface area contributed by atoms with Gasteiger partial charge in [-0.05, 0) is 36.8 Å². The number of hydrogen-bond donors (Lipinski definition) is 2. The number of halogens is 1. The maximum atomic E-state index is 7.34. The van der Waals surface area contributed by atoms with Gasteiger partial charge in [0.25, 0.3) is 0 Å². The summed E-state index contributed by atoms with van der Waals surface area (Å²) < 4.78 is 5.68. The molecule has 0 amide bonds. The Balaban J connectivity index is 2.05. The first kappa shape index (κ1) is 13.9. The average molecular weight is 295 g/mol. The lowest BCUT2D eigenvalue weighted by molar-refractivity contribution is 0.310. The summed E-state index contributed by atoms with van der Waals surface area (Å²) in [6.07, 6.45) is 1.04. The lowest BCUT2D eigenvalue weighted by Crippen LogP contribution is -2.10. The predicted octanol–water partition coefficient (Wildman–Crippen LogP) is 3.83. The van der Waals surface area contributed by atoms with E-state index in [0.29, 0.717) is 22.9 Å². The largest absolute Gasteiger partial charge is 0.487 e. The molecule has 0 aliphatic rings. The average Bonchev–Trinajstić information content (AvgIpc) is 2.85. The molecule has 2 rings (SSSR count). The Bertz CT molecular complexity index is 595. The molecule has 0 spiro atoms. The maximum absolute atomic E-state index is 7.34. The van der Waals surface area contributed by atoms with Gasteiger partial charge in [0.1, 0.15) is 18.2 Å². The fraction of sp³-hybridized carbons (Fsp3) is 0.214. The van der Waals surface area contributed by atoms with Crippen molar-refractivity contribution >= 4 is 28.8 Å². The SMILES string of the molecule is CCc1ccc(COc2ccc(C(=N)N)cc2Cl)s1. The molecule has 3 nitrogen and oxygen atoms in total. The van der Waals surface area contributed by atoms with Crippen LogP contribution >= 0.6 is 22.9 Å². The van der Waals surface area contributed by atoms with Crippen molar-refractivity contribution in [1.82, 2.24) is 0 Å². The normalized spacial score (nSPS) is 10.4. The predicted molar refractivity (Wildman–Crippen MR) is 80.5 cm³/mol. The molecular formula is C14H15ClN2OS. The number of nitrogen functional groups attached to an aromatic ring is 1. The molecule has 3 N–H and O–H groups in total. The van der Waals surface area contributed by atoms with Crippen LogP contribution in [-0.2, 0) is 13.0 Å². The molecular weight excluding hydrogens is 280 g/mol. The Kier molecular flexibility index (Phi) is 4.45. The quantitative estimate of drug-likeness (QED) is 0.650. The summed E-state index contributed by atoms with van der Waals surface area (Å²) in [4.78, 5) is 2.51. The number of nitrogens with one attached hydrogen (secondary N) is 1. The first-order chi connectivity index (χ1) is 9.10. The van der Waals surface area contributed by atoms with E-state index in [1.165, 1.54) is 9.75 Å². The van der Waals surface area contributed by atoms with Crippen molar-refractivity contribution in [2.75, 3.05) is 0 Å². The van der Waals surface area contributed by atoms with Gasteiger partial charge < -0.3 is 10.5 Å². The molecule has 0 aliphatic heterocycles. The number of hydrogen-bond acceptors (Lipinski definition) is 3. The van der Waals surface area contributed by atoms with Gasteiger partial charge in [0.2, 0.25) is 0 Å². The highest BCUT2D eigenvalue weighted by Gasteiger charge is 2.06. The van der Waals surface area contributed by atoms with Crippen molar-refractivity contribution in [3.63, 3.8) is 0 Å². The second-order valence-electron chi connectivity index (χ2n) is 4.07. The lowest BCUT2D eigenvalue weighted by Gasteiger charge is -2.08. The molecule has 5 heteroatoms. The summed E-state index contributed by atoms with van der Waals surface area (Å²) in [7, 11) is 0. The van der Waals surface area contributed by atoms with E-state index >= 15 is 0 Å². The molecule has 0 atom stereocenters. The second kappa shape index (κ2) is 6.08. The molecule has 1 heterocycles. The van der Waals surface area contributed by atoms with E-state index in [1.807, 2.05) is 0 Å². The Morgan fingerprint density at radius 2 is 2.05 bits per heavy atom. The molecule has 0 bridgehead atoms. The first-order valence-corrected chi connectivity index (χ1v) is 7.14. The highest BCUT2D eigenvalue weighted by molar-refractivity contribution is 7.11. The standard InChI is InChI=1S/C14H15ClN2OS/c1-2-10-4-5-11(19-10)8-18-13-6-3-9(14(16)17)7-12(13)15/h3-7H,2,8H2,1H3,(H3,16,17). The minimum Gasteiger partial charge on any atom is -0.487 e. The highest BCUT2D eigenvalue weighted by atomic mass is 35.5. The van der Waals surface area contributed by atoms with E-state index in [-0.39, 0.29) is 5.84 Å². The monoisotopic (exact) mass is 294 g/mol. The van der Waals surface area contributed by atoms with Gasteiger partial charge in [-0.1, -0.05) is 18.5 Å². The fourth-order valence-electron chi connectivity index (χ4n) is 1.62. The van der Waals surface area contributed by atoms with Crippen molar-refractivity contribution in [1.29, 1.82) is 5.41 Å². The summed E-state index contributed by atoms with van der Waals surface area (Å²) in [6, 6.07) is 9.30. The van der Waals surface area contributed by atoms with Crippen LogP contribution in [0.3, 0.4) is 0 Å². The van der Waals surface area contributed by atoms with E-state index in [0.717, 1.165) is 6.42 Å². The molecule has 0 radical (unpaired) electrons. The third kappa shape index (κ3) is 3.49. The van der Waals surface area contributed by atoms with Crippen LogP contribution < -0.4 is 10.5 Å². The van der Waals surface area contributed by atoms with Crippen molar-refractivity contribution in [3.8, 4) is 5.75 Å². The molecule has 0 unspecified atom stereocenters. The minimum atomic E-state index is -0.000653. The molecule has 2 aromatic rings. The Hall–Kier alpha value is -1.52. The Morgan fingerprint density at radius 1 is 1.32 bits per heavy atom. The molecule has 1 aromatic heterocycles. The molecule has 0 fully saturated rings. The Labute approximate surface area is 121 Å². The maximum Gasteiger partial charge on any atom is 0.138 e. The third-order valence-corrected chi connectivity index (χ3v) is 4.18. The fourth-order valence-corrected chi connectivity index (χ4v) is 2.73. The number of ether oxygens (including phenoxy) is 1. The van der Waals surface area contributed by atoms with Crippen LogP contribution in [0.5, 0.6) is 5.75 Å². The first-order valence-electron chi connectivity index (χ1n) is 5.94. The lowest BCUT2D eigenvalue weighted by atomic mass is 10.2. The number of rotatable bonds is 5. The van der Waals surface area contributed by atoms with E-state index in [2.05, 4.69) is 19.1 Å². The van der Waals surface area contributed by atoms with Crippen molar-refractivity contribution in [2.24, 2.45) is 5.73 Å². The summed E-state index contributed by atoms with van der Waals surface area (Å²) in [6.45, 7) is 2.64. The number of nitrogens with two attached hydrogens (primary N) is 1. The molecule has 0 saturated heterocycles. The van der Waals surface area contributed by atoms with Gasteiger partial charge in [-0.2, -0.15) is 0 Å². The molecule has 0 saturated carbocycles. The van der Waals surface area contributed by atoms with E-state index < -0.39 is 0 Å². The summed E-state index contributed by atoms with van der Waals surface area (Å²) in [5, 5.41) is 7.82. The molecule has 1 aromatic carbocycles. The van der Waals surface area contributed by atoms with Crippen LogP contribution in [0.15, 0.2) is 30.3 Å². The van der Waals surface area contributed by atoms with E-state index in [4.69, 9.17) is 27.5 Å². The molecule has 19 heavy (non-hydrogen) atoms. The van der Waals surface area contributed by atoms with Gasteiger partial charge >= 0.3 is 0 Å². The van der Waals surface area contributed by atoms with Gasteiger partial charge in [0.15, 0.2) is 0 Å². The third-order valence-electron chi connectivity index (χ3n) is 2.68. The topological polar surface area (TPSA) is 59.1 Å². The smallest absolute Gasteiger partial charge is 0.138 e. The summed E-state index contributed by atoms with van der Waals surface area (Å²) in [5.74, 6) is 0.609. The number of amidine groups is 1. The zero-order valence-electron chi connectivity index (χ0n) is 10.6. The second-order valence-corrected chi connectivity index (χ2v) is 5.73. The van der Waals surface area contributed by atoms with Gasteiger partial charge in [-0.15, -0.1) is 11.3 Å². The van der Waals surface area contributed by atoms with Crippen LogP contribution in [0.1, 0.15) is 22.2 Å². The molecule has 100 valence electrons. The van der Waals surface area contributed by atoms with Crippen LogP contribution in [0.25, 0.3) is 0 Å². The van der Waals surface area contributed by atoms with Crippen LogP contribution in [0, 0.1) is 5.41 Å². The zero-order chi connectivity index (χ0) is 13.8. The molecule has 0 aliphatic carbocycles. The number of thiophene rings is 1. The minimum absolute atomic E-state index is 0.000653. The van der Waals surface area contributed by atoms with E-state index in [9.17, 15) is 0 Å². The zero-order valence-corrected chi connectivity index (χ0v) is 12.1. The Morgan fingerprint density at radius 3 is 2.63 bits per heavy atom. The van der Waals surface area contributed by atoms with Gasteiger partial charge in [0.05, 0.1) is 5.02 Å². The van der Waals surface area contributed by atoms with E-state index in [1.54, 1.807) is 29.5 Å². The van der Waals surface area contributed by atoms with Crippen molar-refractivity contribution in [3.05, 3.63) is 50.7 Å². The van der Waals surface area contributed by atoms with Gasteiger partial charge in [-0.3, -0.25) is 5.41 Å². The van der Waals surface area contributed by atoms with Gasteiger partial charge in [0, 0.05) is 15.3 Å². The van der Waals surface area contributed by atoms with Crippen LogP contribution in [-0.4, -0.2) is 5.84 Å². The van der Waals surface area contributed by atoms with Gasteiger partial charge in [-0.25, -0.2) is 0 Å². The number of aryl methyl sites for hydroxylation is 1. The van der Waals surface area contributed by atoms with Crippen LogP contribution in [0.4, 0.5) is 0 Å². The summed E-state index contributed by atoms with van der Waals surface area (Å²) in [5.41, 5.74) is 6.00. The number of benzene rings is 1. The van der Waals surface area contributed by atoms with Crippen LogP contribution in [0.2, 0.25) is 5.02 Å². The highest BCUT2D eigenvalue weighted by Crippen LogP contribution is 2.27. The van der Waals surface area contributed by atoms with Crippen molar-refractivity contribution in [2.45, 2.75) is 20.0 Å².